The number of aromatic nitrogens is 1. The van der Waals surface area contributed by atoms with Gasteiger partial charge in [-0.1, -0.05) is 11.6 Å². The highest BCUT2D eigenvalue weighted by Crippen LogP contribution is 2.26. The molecule has 0 atom stereocenters. The molecule has 0 aliphatic carbocycles. The standard InChI is InChI=1S/C18H15ClN2O2S/c1-11-9-13(19)5-8-15(11)20-17(22)16-10-24-18(21-16)12-3-6-14(23-2)7-4-12/h3-10H,1-2H3,(H,20,22). The highest BCUT2D eigenvalue weighted by atomic mass is 35.5. The number of carbonyl (C=O) groups excluding carboxylic acids is 1. The molecular formula is C18H15ClN2O2S. The quantitative estimate of drug-likeness (QED) is 0.711. The van der Waals surface area contributed by atoms with E-state index in [1.807, 2.05) is 31.2 Å². The molecule has 24 heavy (non-hydrogen) atoms. The Morgan fingerprint density at radius 3 is 2.62 bits per heavy atom. The van der Waals surface area contributed by atoms with E-state index in [0.29, 0.717) is 10.7 Å². The Morgan fingerprint density at radius 2 is 1.96 bits per heavy atom. The Kier molecular flexibility index (Phi) is 4.83. The summed E-state index contributed by atoms with van der Waals surface area (Å²) in [6, 6.07) is 12.9. The molecule has 6 heteroatoms. The molecule has 3 rings (SSSR count). The van der Waals surface area contributed by atoms with Crippen LogP contribution in [0.1, 0.15) is 16.1 Å². The van der Waals surface area contributed by atoms with E-state index >= 15 is 0 Å². The molecule has 2 aromatic carbocycles. The van der Waals surface area contributed by atoms with Gasteiger partial charge in [0.05, 0.1) is 7.11 Å². The summed E-state index contributed by atoms with van der Waals surface area (Å²) in [5.74, 6) is 0.544. The van der Waals surface area contributed by atoms with E-state index in [9.17, 15) is 4.79 Å². The first-order valence-electron chi connectivity index (χ1n) is 7.24. The van der Waals surface area contributed by atoms with Crippen molar-refractivity contribution in [3.8, 4) is 16.3 Å². The minimum absolute atomic E-state index is 0.239. The summed E-state index contributed by atoms with van der Waals surface area (Å²) in [4.78, 5) is 16.8. The SMILES string of the molecule is COc1ccc(-c2nc(C(=O)Nc3ccc(Cl)cc3C)cs2)cc1. The summed E-state index contributed by atoms with van der Waals surface area (Å²) in [5.41, 5.74) is 2.97. The Morgan fingerprint density at radius 1 is 1.21 bits per heavy atom. The summed E-state index contributed by atoms with van der Waals surface area (Å²) in [6.45, 7) is 1.89. The third-order valence-electron chi connectivity index (χ3n) is 3.51. The number of carbonyl (C=O) groups is 1. The van der Waals surface area contributed by atoms with E-state index in [1.165, 1.54) is 11.3 Å². The number of thiazole rings is 1. The molecule has 0 saturated heterocycles. The summed E-state index contributed by atoms with van der Waals surface area (Å²) >= 11 is 7.36. The van der Waals surface area contributed by atoms with E-state index in [4.69, 9.17) is 16.3 Å². The number of anilines is 1. The predicted molar refractivity (Wildman–Crippen MR) is 98.2 cm³/mol. The Balaban J connectivity index is 1.77. The van der Waals surface area contributed by atoms with E-state index in [0.717, 1.165) is 27.6 Å². The number of benzene rings is 2. The molecule has 1 N–H and O–H groups in total. The first kappa shape index (κ1) is 16.5. The molecule has 0 aliphatic heterocycles. The average Bonchev–Trinajstić information content (AvgIpc) is 3.07. The Labute approximate surface area is 149 Å². The number of rotatable bonds is 4. The molecule has 0 aliphatic rings. The molecule has 1 heterocycles. The lowest BCUT2D eigenvalue weighted by Crippen LogP contribution is -2.13. The minimum Gasteiger partial charge on any atom is -0.497 e. The fourth-order valence-electron chi connectivity index (χ4n) is 2.20. The summed E-state index contributed by atoms with van der Waals surface area (Å²) < 4.78 is 5.14. The molecule has 0 unspecified atom stereocenters. The van der Waals surface area contributed by atoms with Gasteiger partial charge >= 0.3 is 0 Å². The number of amides is 1. The second-order valence-electron chi connectivity index (χ2n) is 5.18. The van der Waals surface area contributed by atoms with Gasteiger partial charge in [-0.2, -0.15) is 0 Å². The van der Waals surface area contributed by atoms with Crippen molar-refractivity contribution < 1.29 is 9.53 Å². The zero-order valence-electron chi connectivity index (χ0n) is 13.2. The molecule has 4 nitrogen and oxygen atoms in total. The van der Waals surface area contributed by atoms with Crippen LogP contribution >= 0.6 is 22.9 Å². The minimum atomic E-state index is -0.239. The maximum absolute atomic E-state index is 12.4. The van der Waals surface area contributed by atoms with Crippen LogP contribution in [-0.4, -0.2) is 18.0 Å². The fourth-order valence-corrected chi connectivity index (χ4v) is 3.23. The summed E-state index contributed by atoms with van der Waals surface area (Å²) in [6.07, 6.45) is 0. The lowest BCUT2D eigenvalue weighted by atomic mass is 10.2. The third-order valence-corrected chi connectivity index (χ3v) is 4.64. The topological polar surface area (TPSA) is 51.2 Å². The fraction of sp³-hybridized carbons (Fsp3) is 0.111. The lowest BCUT2D eigenvalue weighted by molar-refractivity contribution is 0.102. The highest BCUT2D eigenvalue weighted by Gasteiger charge is 2.13. The molecule has 0 spiro atoms. The first-order chi connectivity index (χ1) is 11.6. The number of halogens is 1. The van der Waals surface area contributed by atoms with Crippen molar-refractivity contribution in [2.24, 2.45) is 0 Å². The van der Waals surface area contributed by atoms with Crippen LogP contribution in [0.25, 0.3) is 10.6 Å². The number of nitrogens with zero attached hydrogens (tertiary/aromatic N) is 1. The van der Waals surface area contributed by atoms with Crippen molar-refractivity contribution in [1.82, 2.24) is 4.98 Å². The maximum Gasteiger partial charge on any atom is 0.275 e. The van der Waals surface area contributed by atoms with E-state index in [2.05, 4.69) is 10.3 Å². The van der Waals surface area contributed by atoms with Gasteiger partial charge in [-0.25, -0.2) is 4.98 Å². The Bertz CT molecular complexity index is 875. The van der Waals surface area contributed by atoms with Crippen LogP contribution in [0.4, 0.5) is 5.69 Å². The summed E-state index contributed by atoms with van der Waals surface area (Å²) in [7, 11) is 1.62. The van der Waals surface area contributed by atoms with Crippen molar-refractivity contribution in [3.63, 3.8) is 0 Å². The smallest absolute Gasteiger partial charge is 0.275 e. The van der Waals surface area contributed by atoms with Gasteiger partial charge < -0.3 is 10.1 Å². The molecular weight excluding hydrogens is 344 g/mol. The van der Waals surface area contributed by atoms with Gasteiger partial charge in [0.1, 0.15) is 16.5 Å². The molecule has 3 aromatic rings. The van der Waals surface area contributed by atoms with Crippen molar-refractivity contribution in [2.75, 3.05) is 12.4 Å². The molecule has 0 bridgehead atoms. The van der Waals surface area contributed by atoms with Crippen LogP contribution in [-0.2, 0) is 0 Å². The average molecular weight is 359 g/mol. The van der Waals surface area contributed by atoms with Crippen molar-refractivity contribution in [1.29, 1.82) is 0 Å². The normalized spacial score (nSPS) is 10.5. The van der Waals surface area contributed by atoms with Crippen molar-refractivity contribution in [3.05, 3.63) is 64.1 Å². The van der Waals surface area contributed by atoms with E-state index in [1.54, 1.807) is 30.7 Å². The summed E-state index contributed by atoms with van der Waals surface area (Å²) in [5, 5.41) is 6.04. The second kappa shape index (κ2) is 7.03. The lowest BCUT2D eigenvalue weighted by Gasteiger charge is -2.07. The van der Waals surface area contributed by atoms with Gasteiger partial charge in [0.15, 0.2) is 0 Å². The van der Waals surface area contributed by atoms with Gasteiger partial charge in [0, 0.05) is 21.7 Å². The number of aryl methyl sites for hydroxylation is 1. The van der Waals surface area contributed by atoms with Crippen LogP contribution in [0.3, 0.4) is 0 Å². The zero-order valence-corrected chi connectivity index (χ0v) is 14.7. The maximum atomic E-state index is 12.4. The van der Waals surface area contributed by atoms with E-state index < -0.39 is 0 Å². The monoisotopic (exact) mass is 358 g/mol. The van der Waals surface area contributed by atoms with Crippen LogP contribution in [0.5, 0.6) is 5.75 Å². The van der Waals surface area contributed by atoms with Crippen molar-refractivity contribution >= 4 is 34.5 Å². The van der Waals surface area contributed by atoms with Gasteiger partial charge in [0.25, 0.3) is 5.91 Å². The highest BCUT2D eigenvalue weighted by molar-refractivity contribution is 7.13. The Hall–Kier alpha value is -2.37. The second-order valence-corrected chi connectivity index (χ2v) is 6.47. The third kappa shape index (κ3) is 3.58. The van der Waals surface area contributed by atoms with Crippen LogP contribution in [0.2, 0.25) is 5.02 Å². The molecule has 0 fully saturated rings. The van der Waals surface area contributed by atoms with Crippen LogP contribution in [0.15, 0.2) is 47.8 Å². The molecule has 0 saturated carbocycles. The van der Waals surface area contributed by atoms with E-state index in [-0.39, 0.29) is 5.91 Å². The number of nitrogens with one attached hydrogen (secondary N) is 1. The predicted octanol–water partition coefficient (Wildman–Crippen LogP) is 5.03. The van der Waals surface area contributed by atoms with Gasteiger partial charge in [-0.05, 0) is 55.0 Å². The number of hydrogen-bond donors (Lipinski definition) is 1. The van der Waals surface area contributed by atoms with Crippen LogP contribution < -0.4 is 10.1 Å². The van der Waals surface area contributed by atoms with Gasteiger partial charge in [0.2, 0.25) is 0 Å². The van der Waals surface area contributed by atoms with Crippen molar-refractivity contribution in [2.45, 2.75) is 6.92 Å². The molecule has 122 valence electrons. The first-order valence-corrected chi connectivity index (χ1v) is 8.50. The van der Waals surface area contributed by atoms with Crippen LogP contribution in [0, 0.1) is 6.92 Å². The van der Waals surface area contributed by atoms with Gasteiger partial charge in [-0.15, -0.1) is 11.3 Å². The van der Waals surface area contributed by atoms with Gasteiger partial charge in [-0.3, -0.25) is 4.79 Å². The number of methoxy groups -OCH3 is 1. The molecule has 0 radical (unpaired) electrons. The zero-order chi connectivity index (χ0) is 17.1. The largest absolute Gasteiger partial charge is 0.497 e. The number of ether oxygens (including phenoxy) is 1. The molecule has 1 amide bonds. The molecule has 1 aromatic heterocycles. The number of hydrogen-bond acceptors (Lipinski definition) is 4.